The number of carbonyl (C=O) groups excluding carboxylic acids is 1. The van der Waals surface area contributed by atoms with Crippen LogP contribution in [0.25, 0.3) is 0 Å². The predicted octanol–water partition coefficient (Wildman–Crippen LogP) is 4.45. The van der Waals surface area contributed by atoms with Gasteiger partial charge in [0.15, 0.2) is 0 Å². The van der Waals surface area contributed by atoms with Crippen LogP contribution < -0.4 is 5.32 Å². The molecule has 5 nitrogen and oxygen atoms in total. The number of amides is 1. The van der Waals surface area contributed by atoms with Crippen LogP contribution in [0.4, 0.5) is 0 Å². The van der Waals surface area contributed by atoms with Crippen molar-refractivity contribution in [2.45, 2.75) is 38.6 Å². The zero-order valence-electron chi connectivity index (χ0n) is 16.5. The van der Waals surface area contributed by atoms with Crippen LogP contribution in [-0.4, -0.2) is 37.5 Å². The van der Waals surface area contributed by atoms with Gasteiger partial charge in [0.2, 0.25) is 15.9 Å². The van der Waals surface area contributed by atoms with Crippen molar-refractivity contribution < 1.29 is 13.2 Å². The van der Waals surface area contributed by atoms with Crippen LogP contribution in [0.3, 0.4) is 0 Å². The Labute approximate surface area is 182 Å². The monoisotopic (exact) mass is 454 g/mol. The summed E-state index contributed by atoms with van der Waals surface area (Å²) >= 11 is 7.61. The van der Waals surface area contributed by atoms with Crippen molar-refractivity contribution in [2.75, 3.05) is 18.8 Å². The second-order valence-electron chi connectivity index (χ2n) is 7.35. The minimum atomic E-state index is -3.21. The lowest BCUT2D eigenvalue weighted by Crippen LogP contribution is -2.44. The summed E-state index contributed by atoms with van der Waals surface area (Å²) in [7, 11) is -3.21. The molecule has 29 heavy (non-hydrogen) atoms. The third-order valence-corrected chi connectivity index (χ3v) is 8.44. The van der Waals surface area contributed by atoms with E-state index in [1.807, 2.05) is 48.7 Å². The molecule has 0 bridgehead atoms. The Kier molecular flexibility index (Phi) is 7.73. The first kappa shape index (κ1) is 22.3. The van der Waals surface area contributed by atoms with Crippen molar-refractivity contribution in [1.29, 1.82) is 0 Å². The SMILES string of the molecule is CCCCS(=O)(=O)N1CCC(C(=O)NC(c2ccc(Cl)cc2)c2cccs2)CC1. The number of hydrogen-bond donors (Lipinski definition) is 1. The zero-order chi connectivity index (χ0) is 20.9. The quantitative estimate of drug-likeness (QED) is 0.640. The Morgan fingerprint density at radius 3 is 2.52 bits per heavy atom. The highest BCUT2D eigenvalue weighted by Crippen LogP contribution is 2.29. The van der Waals surface area contributed by atoms with Gasteiger partial charge in [-0.05, 0) is 48.4 Å². The summed E-state index contributed by atoms with van der Waals surface area (Å²) in [5.74, 6) is -0.0106. The number of unbranched alkanes of at least 4 members (excludes halogenated alkanes) is 1. The highest BCUT2D eigenvalue weighted by Gasteiger charge is 2.32. The van der Waals surface area contributed by atoms with Crippen LogP contribution in [-0.2, 0) is 14.8 Å². The molecule has 158 valence electrons. The van der Waals surface area contributed by atoms with E-state index in [9.17, 15) is 13.2 Å². The minimum Gasteiger partial charge on any atom is -0.344 e. The molecular formula is C21H27ClN2O3S2. The Hall–Kier alpha value is -1.41. The van der Waals surface area contributed by atoms with E-state index >= 15 is 0 Å². The number of halogens is 1. The molecule has 0 aliphatic carbocycles. The van der Waals surface area contributed by atoms with E-state index in [0.717, 1.165) is 16.9 Å². The van der Waals surface area contributed by atoms with E-state index < -0.39 is 10.0 Å². The van der Waals surface area contributed by atoms with Gasteiger partial charge in [0.05, 0.1) is 11.8 Å². The van der Waals surface area contributed by atoms with Crippen molar-refractivity contribution >= 4 is 38.9 Å². The van der Waals surface area contributed by atoms with Crippen molar-refractivity contribution in [2.24, 2.45) is 5.92 Å². The van der Waals surface area contributed by atoms with Gasteiger partial charge in [0.1, 0.15) is 0 Å². The summed E-state index contributed by atoms with van der Waals surface area (Å²) in [6, 6.07) is 11.2. The summed E-state index contributed by atoms with van der Waals surface area (Å²) in [4.78, 5) is 14.0. The van der Waals surface area contributed by atoms with Gasteiger partial charge in [0, 0.05) is 28.9 Å². The Morgan fingerprint density at radius 1 is 1.24 bits per heavy atom. The Bertz CT molecular complexity index is 891. The van der Waals surface area contributed by atoms with Gasteiger partial charge in [-0.15, -0.1) is 11.3 Å². The third kappa shape index (κ3) is 5.81. The van der Waals surface area contributed by atoms with Crippen molar-refractivity contribution in [3.8, 4) is 0 Å². The van der Waals surface area contributed by atoms with E-state index in [4.69, 9.17) is 11.6 Å². The largest absolute Gasteiger partial charge is 0.344 e. The molecule has 1 aliphatic rings. The first-order chi connectivity index (χ1) is 13.9. The molecule has 1 aromatic carbocycles. The van der Waals surface area contributed by atoms with E-state index in [1.54, 1.807) is 15.6 Å². The van der Waals surface area contributed by atoms with Crippen molar-refractivity contribution in [1.82, 2.24) is 9.62 Å². The molecule has 1 saturated heterocycles. The molecule has 0 saturated carbocycles. The van der Waals surface area contributed by atoms with Crippen LogP contribution in [0, 0.1) is 5.92 Å². The van der Waals surface area contributed by atoms with Crippen LogP contribution in [0.2, 0.25) is 5.02 Å². The lowest BCUT2D eigenvalue weighted by molar-refractivity contribution is -0.126. The maximum absolute atomic E-state index is 13.0. The van der Waals surface area contributed by atoms with E-state index in [1.165, 1.54) is 0 Å². The average Bonchev–Trinajstić information content (AvgIpc) is 3.26. The molecule has 1 amide bonds. The van der Waals surface area contributed by atoms with Crippen molar-refractivity contribution in [3.63, 3.8) is 0 Å². The normalized spacial score (nSPS) is 17.2. The fourth-order valence-electron chi connectivity index (χ4n) is 3.54. The van der Waals surface area contributed by atoms with E-state index in [2.05, 4.69) is 5.32 Å². The number of benzene rings is 1. The maximum Gasteiger partial charge on any atom is 0.223 e. The number of sulfonamides is 1. The summed E-state index contributed by atoms with van der Waals surface area (Å²) in [6.45, 7) is 2.81. The highest BCUT2D eigenvalue weighted by atomic mass is 35.5. The van der Waals surface area contributed by atoms with Crippen LogP contribution in [0.15, 0.2) is 41.8 Å². The number of rotatable bonds is 8. The first-order valence-corrected chi connectivity index (χ1v) is 12.8. The molecule has 8 heteroatoms. The minimum absolute atomic E-state index is 0.0241. The molecule has 1 fully saturated rings. The standard InChI is InChI=1S/C21H27ClN2O3S2/c1-2-3-15-29(26,27)24-12-10-17(11-13-24)21(25)23-20(19-5-4-14-28-19)16-6-8-18(22)9-7-16/h4-9,14,17,20H,2-3,10-13,15H2,1H3,(H,23,25). The lowest BCUT2D eigenvalue weighted by Gasteiger charge is -2.31. The fraction of sp³-hybridized carbons (Fsp3) is 0.476. The topological polar surface area (TPSA) is 66.5 Å². The van der Waals surface area contributed by atoms with Gasteiger partial charge in [0.25, 0.3) is 0 Å². The molecule has 2 heterocycles. The van der Waals surface area contributed by atoms with Crippen LogP contribution in [0.1, 0.15) is 49.1 Å². The number of carbonyl (C=O) groups is 1. The molecule has 1 N–H and O–H groups in total. The fourth-order valence-corrected chi connectivity index (χ4v) is 6.15. The second-order valence-corrected chi connectivity index (χ2v) is 10.9. The molecule has 1 aromatic heterocycles. The summed E-state index contributed by atoms with van der Waals surface area (Å²) < 4.78 is 26.3. The summed E-state index contributed by atoms with van der Waals surface area (Å²) in [6.07, 6.45) is 2.63. The molecule has 1 aliphatic heterocycles. The average molecular weight is 455 g/mol. The number of thiophene rings is 1. The van der Waals surface area contributed by atoms with Crippen LogP contribution in [0.5, 0.6) is 0 Å². The number of nitrogens with zero attached hydrogens (tertiary/aromatic N) is 1. The zero-order valence-corrected chi connectivity index (χ0v) is 18.9. The van der Waals surface area contributed by atoms with Gasteiger partial charge in [-0.3, -0.25) is 4.79 Å². The van der Waals surface area contributed by atoms with Crippen LogP contribution >= 0.6 is 22.9 Å². The molecule has 0 spiro atoms. The van der Waals surface area contributed by atoms with E-state index in [0.29, 0.717) is 37.4 Å². The maximum atomic E-state index is 13.0. The van der Waals surface area contributed by atoms with Gasteiger partial charge >= 0.3 is 0 Å². The lowest BCUT2D eigenvalue weighted by atomic mass is 9.96. The number of hydrogen-bond acceptors (Lipinski definition) is 4. The van der Waals surface area contributed by atoms with Gasteiger partial charge in [-0.1, -0.05) is 43.1 Å². The van der Waals surface area contributed by atoms with Gasteiger partial charge < -0.3 is 5.32 Å². The van der Waals surface area contributed by atoms with Gasteiger partial charge in [-0.2, -0.15) is 0 Å². The number of nitrogens with one attached hydrogen (secondary N) is 1. The molecule has 2 aromatic rings. The number of piperidine rings is 1. The summed E-state index contributed by atoms with van der Waals surface area (Å²) in [5.41, 5.74) is 0.977. The second kappa shape index (κ2) is 10.1. The molecule has 1 atom stereocenters. The molecular weight excluding hydrogens is 428 g/mol. The first-order valence-electron chi connectivity index (χ1n) is 9.97. The van der Waals surface area contributed by atoms with Gasteiger partial charge in [-0.25, -0.2) is 12.7 Å². The molecule has 1 unspecified atom stereocenters. The summed E-state index contributed by atoms with van der Waals surface area (Å²) in [5, 5.41) is 5.82. The van der Waals surface area contributed by atoms with Crippen molar-refractivity contribution in [3.05, 3.63) is 57.2 Å². The molecule has 3 rings (SSSR count). The predicted molar refractivity (Wildman–Crippen MR) is 119 cm³/mol. The van der Waals surface area contributed by atoms with E-state index in [-0.39, 0.29) is 23.6 Å². The third-order valence-electron chi connectivity index (χ3n) is 5.29. The highest BCUT2D eigenvalue weighted by molar-refractivity contribution is 7.89. The Balaban J connectivity index is 1.65. The smallest absolute Gasteiger partial charge is 0.223 e. The molecule has 0 radical (unpaired) electrons. The Morgan fingerprint density at radius 2 is 1.93 bits per heavy atom.